The fourth-order valence-electron chi connectivity index (χ4n) is 3.19. The fraction of sp³-hybridized carbons (Fsp3) is 0.333. The maximum atomic E-state index is 12.8. The normalized spacial score (nSPS) is 17.7. The third kappa shape index (κ3) is 4.77. The predicted octanol–water partition coefficient (Wildman–Crippen LogP) is 3.45. The van der Waals surface area contributed by atoms with Gasteiger partial charge in [-0.3, -0.25) is 10.1 Å². The van der Waals surface area contributed by atoms with E-state index in [0.717, 1.165) is 19.4 Å². The number of methoxy groups -OCH3 is 1. The Morgan fingerprint density at radius 1 is 1.23 bits per heavy atom. The molecule has 1 fully saturated rings. The number of fused-ring (bicyclic) bond motifs is 1. The fourth-order valence-corrected chi connectivity index (χ4v) is 3.45. The average Bonchev–Trinajstić information content (AvgIpc) is 3.43. The van der Waals surface area contributed by atoms with Crippen molar-refractivity contribution in [3.8, 4) is 17.2 Å². The van der Waals surface area contributed by atoms with Gasteiger partial charge in [-0.25, -0.2) is 4.99 Å². The van der Waals surface area contributed by atoms with Crippen LogP contribution in [-0.4, -0.2) is 45.0 Å². The molecule has 1 atom stereocenters. The van der Waals surface area contributed by atoms with Gasteiger partial charge in [0.25, 0.3) is 5.91 Å². The van der Waals surface area contributed by atoms with Crippen molar-refractivity contribution in [2.24, 2.45) is 4.99 Å². The number of aliphatic imine (C=N–C) groups is 1. The minimum absolute atomic E-state index is 0.0451. The van der Waals surface area contributed by atoms with Crippen molar-refractivity contribution in [2.75, 3.05) is 32.4 Å². The first kappa shape index (κ1) is 20.3. The van der Waals surface area contributed by atoms with Crippen molar-refractivity contribution in [3.05, 3.63) is 47.0 Å². The van der Waals surface area contributed by atoms with Crippen LogP contribution in [0.2, 0.25) is 5.02 Å². The van der Waals surface area contributed by atoms with E-state index in [1.54, 1.807) is 43.5 Å². The Hall–Kier alpha value is -2.97. The average molecular weight is 432 g/mol. The highest BCUT2D eigenvalue weighted by molar-refractivity contribution is 6.32. The maximum Gasteiger partial charge on any atom is 0.258 e. The number of guanidine groups is 1. The molecule has 158 valence electrons. The van der Waals surface area contributed by atoms with Crippen LogP contribution in [0.3, 0.4) is 0 Å². The smallest absolute Gasteiger partial charge is 0.258 e. The molecule has 2 aromatic carbocycles. The Balaban J connectivity index is 1.51. The third-order valence-corrected chi connectivity index (χ3v) is 5.05. The summed E-state index contributed by atoms with van der Waals surface area (Å²) >= 11 is 6.21. The van der Waals surface area contributed by atoms with Crippen molar-refractivity contribution in [1.29, 1.82) is 0 Å². The number of ether oxygens (including phenoxy) is 4. The van der Waals surface area contributed by atoms with E-state index >= 15 is 0 Å². The van der Waals surface area contributed by atoms with E-state index in [2.05, 4.69) is 15.6 Å². The number of hydrogen-bond donors (Lipinski definition) is 2. The second kappa shape index (κ2) is 9.23. The van der Waals surface area contributed by atoms with Crippen LogP contribution >= 0.6 is 11.6 Å². The van der Waals surface area contributed by atoms with E-state index in [4.69, 9.17) is 30.5 Å². The van der Waals surface area contributed by atoms with Crippen LogP contribution in [0.5, 0.6) is 17.2 Å². The van der Waals surface area contributed by atoms with Crippen LogP contribution in [0.4, 0.5) is 5.69 Å². The predicted molar refractivity (Wildman–Crippen MR) is 113 cm³/mol. The van der Waals surface area contributed by atoms with E-state index in [1.807, 2.05) is 0 Å². The molecule has 1 saturated heterocycles. The lowest BCUT2D eigenvalue weighted by molar-refractivity contribution is 0.0975. The monoisotopic (exact) mass is 431 g/mol. The molecule has 2 aliphatic rings. The van der Waals surface area contributed by atoms with Crippen LogP contribution in [0.15, 0.2) is 41.4 Å². The van der Waals surface area contributed by atoms with Gasteiger partial charge in [0, 0.05) is 17.9 Å². The molecule has 2 heterocycles. The lowest BCUT2D eigenvalue weighted by atomic mass is 10.2. The summed E-state index contributed by atoms with van der Waals surface area (Å²) < 4.78 is 21.4. The van der Waals surface area contributed by atoms with Gasteiger partial charge in [-0.1, -0.05) is 11.6 Å². The molecule has 9 heteroatoms. The Labute approximate surface area is 179 Å². The van der Waals surface area contributed by atoms with Gasteiger partial charge in [0.2, 0.25) is 12.8 Å². The molecule has 2 aliphatic heterocycles. The quantitative estimate of drug-likeness (QED) is 0.556. The second-order valence-corrected chi connectivity index (χ2v) is 7.23. The molecule has 2 aromatic rings. The lowest BCUT2D eigenvalue weighted by Gasteiger charge is -2.14. The van der Waals surface area contributed by atoms with Crippen LogP contribution in [0.25, 0.3) is 0 Å². The highest BCUT2D eigenvalue weighted by atomic mass is 35.5. The summed E-state index contributed by atoms with van der Waals surface area (Å²) in [7, 11) is 1.55. The topological polar surface area (TPSA) is 90.4 Å². The summed E-state index contributed by atoms with van der Waals surface area (Å²) in [5.74, 6) is 1.69. The van der Waals surface area contributed by atoms with Crippen molar-refractivity contribution in [2.45, 2.75) is 18.9 Å². The molecule has 0 radical (unpaired) electrons. The van der Waals surface area contributed by atoms with E-state index < -0.39 is 0 Å². The van der Waals surface area contributed by atoms with E-state index in [9.17, 15) is 4.79 Å². The Bertz CT molecular complexity index is 960. The van der Waals surface area contributed by atoms with Gasteiger partial charge >= 0.3 is 0 Å². The largest absolute Gasteiger partial charge is 0.495 e. The minimum atomic E-state index is -0.327. The first-order chi connectivity index (χ1) is 14.6. The molecule has 0 bridgehead atoms. The zero-order valence-electron chi connectivity index (χ0n) is 16.4. The number of nitrogens with zero attached hydrogens (tertiary/aromatic N) is 1. The molecule has 0 saturated carbocycles. The third-order valence-electron chi connectivity index (χ3n) is 4.76. The van der Waals surface area contributed by atoms with Gasteiger partial charge in [0.15, 0.2) is 11.5 Å². The molecule has 0 aliphatic carbocycles. The summed E-state index contributed by atoms with van der Waals surface area (Å²) in [5.41, 5.74) is 1.09. The van der Waals surface area contributed by atoms with Gasteiger partial charge in [-0.15, -0.1) is 0 Å². The van der Waals surface area contributed by atoms with E-state index in [-0.39, 0.29) is 18.8 Å². The Morgan fingerprint density at radius 3 is 2.87 bits per heavy atom. The van der Waals surface area contributed by atoms with Gasteiger partial charge in [-0.05, 0) is 49.2 Å². The number of hydrogen-bond acceptors (Lipinski definition) is 6. The number of rotatable bonds is 5. The molecule has 1 amide bonds. The minimum Gasteiger partial charge on any atom is -0.495 e. The van der Waals surface area contributed by atoms with Gasteiger partial charge in [-0.2, -0.15) is 0 Å². The molecule has 30 heavy (non-hydrogen) atoms. The zero-order chi connectivity index (χ0) is 20.9. The molecule has 8 nitrogen and oxygen atoms in total. The first-order valence-electron chi connectivity index (χ1n) is 9.60. The van der Waals surface area contributed by atoms with Gasteiger partial charge < -0.3 is 24.3 Å². The zero-order valence-corrected chi connectivity index (χ0v) is 17.2. The van der Waals surface area contributed by atoms with Gasteiger partial charge in [0.05, 0.1) is 24.8 Å². The maximum absolute atomic E-state index is 12.8. The van der Waals surface area contributed by atoms with Crippen molar-refractivity contribution < 1.29 is 23.7 Å². The summed E-state index contributed by atoms with van der Waals surface area (Å²) in [4.78, 5) is 17.3. The molecular weight excluding hydrogens is 410 g/mol. The van der Waals surface area contributed by atoms with Crippen LogP contribution < -0.4 is 24.8 Å². The lowest BCUT2D eigenvalue weighted by Crippen LogP contribution is -2.36. The number of benzene rings is 2. The number of carbonyl (C=O) groups is 1. The van der Waals surface area contributed by atoms with Crippen molar-refractivity contribution >= 4 is 29.2 Å². The number of carbonyl (C=O) groups excluding carboxylic acids is 1. The Kier molecular flexibility index (Phi) is 6.25. The van der Waals surface area contributed by atoms with Gasteiger partial charge in [0.1, 0.15) is 5.75 Å². The molecule has 0 aromatic heterocycles. The van der Waals surface area contributed by atoms with Crippen molar-refractivity contribution in [1.82, 2.24) is 5.32 Å². The van der Waals surface area contributed by atoms with E-state index in [0.29, 0.717) is 46.0 Å². The van der Waals surface area contributed by atoms with Crippen LogP contribution in [0, 0.1) is 0 Å². The SMILES string of the molecule is COc1ccc(NC(=NCC2CCCO2)NC(=O)c2ccc3c(c2)OCO3)cc1Cl. The Morgan fingerprint density at radius 2 is 2.10 bits per heavy atom. The summed E-state index contributed by atoms with van der Waals surface area (Å²) in [6.45, 7) is 1.32. The molecular formula is C21H22ClN3O5. The summed E-state index contributed by atoms with van der Waals surface area (Å²) in [6.07, 6.45) is 2.01. The summed E-state index contributed by atoms with van der Waals surface area (Å²) in [6, 6.07) is 10.2. The highest BCUT2D eigenvalue weighted by Gasteiger charge is 2.19. The standard InChI is InChI=1S/C21H22ClN3O5/c1-27-17-7-5-14(10-16(17)22)24-21(23-11-15-3-2-8-28-15)25-20(26)13-4-6-18-19(9-13)30-12-29-18/h4-7,9-10,15H,2-3,8,11-12H2,1H3,(H2,23,24,25,26). The highest BCUT2D eigenvalue weighted by Crippen LogP contribution is 2.32. The molecule has 1 unspecified atom stereocenters. The number of nitrogens with one attached hydrogen (secondary N) is 2. The molecule has 0 spiro atoms. The number of amides is 1. The summed E-state index contributed by atoms with van der Waals surface area (Å²) in [5, 5.41) is 6.38. The van der Waals surface area contributed by atoms with Crippen molar-refractivity contribution in [3.63, 3.8) is 0 Å². The van der Waals surface area contributed by atoms with Crippen LogP contribution in [0.1, 0.15) is 23.2 Å². The number of anilines is 1. The first-order valence-corrected chi connectivity index (χ1v) is 9.98. The van der Waals surface area contributed by atoms with E-state index in [1.165, 1.54) is 0 Å². The molecule has 4 rings (SSSR count). The molecule has 2 N–H and O–H groups in total. The van der Waals surface area contributed by atoms with Crippen LogP contribution in [-0.2, 0) is 4.74 Å². The second-order valence-electron chi connectivity index (χ2n) is 6.82. The number of halogens is 1.